The number of carbonyl (C=O) groups excluding carboxylic acids is 2. The highest BCUT2D eigenvalue weighted by atomic mass is 79.9. The lowest BCUT2D eigenvalue weighted by atomic mass is 10.0. The molecular weight excluding hydrogens is 353 g/mol. The van der Waals surface area contributed by atoms with E-state index in [0.29, 0.717) is 9.15 Å². The van der Waals surface area contributed by atoms with Gasteiger partial charge in [-0.25, -0.2) is 0 Å². The Hall–Kier alpha value is -1.96. The number of hydrogen-bond donors (Lipinski definition) is 0. The standard InChI is InChI=1S/C13H8BrF3N2O2/c14-10-3-1-2-8(4-10)11(20)12(21)9-5-18-19(6-9)7-13(15,16)17/h1-6H,7H2. The van der Waals surface area contributed by atoms with E-state index in [2.05, 4.69) is 21.0 Å². The molecule has 0 aliphatic rings. The van der Waals surface area contributed by atoms with Gasteiger partial charge in [-0.15, -0.1) is 0 Å². The fourth-order valence-electron chi connectivity index (χ4n) is 1.64. The maximum atomic E-state index is 12.2. The normalized spacial score (nSPS) is 11.4. The zero-order chi connectivity index (χ0) is 15.6. The molecule has 0 radical (unpaired) electrons. The van der Waals surface area contributed by atoms with Gasteiger partial charge < -0.3 is 0 Å². The number of Topliss-reactive ketones (excluding diaryl/α,β-unsaturated/α-hetero) is 2. The second-order valence-corrected chi connectivity index (χ2v) is 5.13. The van der Waals surface area contributed by atoms with Gasteiger partial charge in [0.15, 0.2) is 0 Å². The average molecular weight is 361 g/mol. The van der Waals surface area contributed by atoms with E-state index in [4.69, 9.17) is 0 Å². The molecule has 0 unspecified atom stereocenters. The molecule has 110 valence electrons. The largest absolute Gasteiger partial charge is 0.408 e. The molecule has 0 amide bonds. The van der Waals surface area contributed by atoms with Crippen LogP contribution in [0.5, 0.6) is 0 Å². The summed E-state index contributed by atoms with van der Waals surface area (Å²) >= 11 is 3.17. The van der Waals surface area contributed by atoms with Gasteiger partial charge in [-0.3, -0.25) is 14.3 Å². The van der Waals surface area contributed by atoms with Crippen molar-refractivity contribution in [2.45, 2.75) is 12.7 Å². The lowest BCUT2D eigenvalue weighted by Crippen LogP contribution is -2.18. The Bertz CT molecular complexity index is 695. The first-order valence-electron chi connectivity index (χ1n) is 5.70. The molecule has 0 saturated carbocycles. The van der Waals surface area contributed by atoms with Gasteiger partial charge in [-0.05, 0) is 12.1 Å². The van der Waals surface area contributed by atoms with Crippen LogP contribution in [0.25, 0.3) is 0 Å². The number of rotatable bonds is 4. The third kappa shape index (κ3) is 4.01. The Labute approximate surface area is 125 Å². The summed E-state index contributed by atoms with van der Waals surface area (Å²) in [5.41, 5.74) is -0.0258. The minimum absolute atomic E-state index is 0.151. The van der Waals surface area contributed by atoms with Crippen molar-refractivity contribution < 1.29 is 22.8 Å². The van der Waals surface area contributed by atoms with Crippen molar-refractivity contribution in [3.63, 3.8) is 0 Å². The van der Waals surface area contributed by atoms with Crippen LogP contribution in [0.4, 0.5) is 13.2 Å². The van der Waals surface area contributed by atoms with Crippen molar-refractivity contribution in [1.82, 2.24) is 9.78 Å². The first kappa shape index (κ1) is 15.4. The van der Waals surface area contributed by atoms with Crippen LogP contribution in [-0.4, -0.2) is 27.5 Å². The summed E-state index contributed by atoms with van der Waals surface area (Å²) in [6.45, 7) is -1.31. The van der Waals surface area contributed by atoms with Crippen LogP contribution in [0.1, 0.15) is 20.7 Å². The molecule has 0 atom stereocenters. The smallest absolute Gasteiger partial charge is 0.285 e. The molecular formula is C13H8BrF3N2O2. The SMILES string of the molecule is O=C(C(=O)c1cnn(CC(F)(F)F)c1)c1cccc(Br)c1. The van der Waals surface area contributed by atoms with Crippen molar-refractivity contribution in [1.29, 1.82) is 0 Å². The summed E-state index contributed by atoms with van der Waals surface area (Å²) in [6, 6.07) is 6.17. The maximum absolute atomic E-state index is 12.2. The number of nitrogens with zero attached hydrogens (tertiary/aromatic N) is 2. The Morgan fingerprint density at radius 1 is 1.19 bits per heavy atom. The van der Waals surface area contributed by atoms with Crippen LogP contribution >= 0.6 is 15.9 Å². The summed E-state index contributed by atoms with van der Waals surface area (Å²) in [6.07, 6.45) is -2.59. The van der Waals surface area contributed by atoms with E-state index in [9.17, 15) is 22.8 Å². The van der Waals surface area contributed by atoms with Crippen molar-refractivity contribution >= 4 is 27.5 Å². The van der Waals surface area contributed by atoms with Gasteiger partial charge in [0.05, 0.1) is 11.8 Å². The molecule has 8 heteroatoms. The number of aromatic nitrogens is 2. The topological polar surface area (TPSA) is 52.0 Å². The minimum atomic E-state index is -4.44. The lowest BCUT2D eigenvalue weighted by molar-refractivity contribution is -0.142. The van der Waals surface area contributed by atoms with Gasteiger partial charge in [-0.1, -0.05) is 28.1 Å². The lowest BCUT2D eigenvalue weighted by Gasteiger charge is -2.04. The molecule has 4 nitrogen and oxygen atoms in total. The average Bonchev–Trinajstić information content (AvgIpc) is 2.83. The van der Waals surface area contributed by atoms with E-state index in [0.717, 1.165) is 12.4 Å². The molecule has 2 rings (SSSR count). The van der Waals surface area contributed by atoms with E-state index in [1.165, 1.54) is 12.1 Å². The van der Waals surface area contributed by atoms with Gasteiger partial charge in [0, 0.05) is 16.2 Å². The van der Waals surface area contributed by atoms with Crippen LogP contribution in [0.15, 0.2) is 41.1 Å². The molecule has 0 aliphatic carbocycles. The molecule has 0 fully saturated rings. The summed E-state index contributed by atoms with van der Waals surface area (Å²) in [7, 11) is 0. The van der Waals surface area contributed by atoms with Crippen LogP contribution in [0.3, 0.4) is 0 Å². The first-order chi connectivity index (χ1) is 9.76. The number of carbonyl (C=O) groups is 2. The summed E-state index contributed by atoms with van der Waals surface area (Å²) < 4.78 is 37.8. The Morgan fingerprint density at radius 2 is 1.86 bits per heavy atom. The third-order valence-electron chi connectivity index (χ3n) is 2.53. The predicted molar refractivity (Wildman–Crippen MR) is 71.1 cm³/mol. The summed E-state index contributed by atoms with van der Waals surface area (Å²) in [5, 5.41) is 3.43. The minimum Gasteiger partial charge on any atom is -0.285 e. The van der Waals surface area contributed by atoms with Crippen LogP contribution in [0, 0.1) is 0 Å². The van der Waals surface area contributed by atoms with Gasteiger partial charge in [0.2, 0.25) is 11.6 Å². The van der Waals surface area contributed by atoms with Crippen LogP contribution < -0.4 is 0 Å². The molecule has 2 aromatic rings. The molecule has 21 heavy (non-hydrogen) atoms. The molecule has 0 bridgehead atoms. The molecule has 0 spiro atoms. The Balaban J connectivity index is 2.19. The fraction of sp³-hybridized carbons (Fsp3) is 0.154. The highest BCUT2D eigenvalue weighted by Gasteiger charge is 2.29. The third-order valence-corrected chi connectivity index (χ3v) is 3.02. The number of hydrogen-bond acceptors (Lipinski definition) is 3. The molecule has 0 saturated heterocycles. The van der Waals surface area contributed by atoms with Crippen LogP contribution in [0.2, 0.25) is 0 Å². The van der Waals surface area contributed by atoms with E-state index < -0.39 is 24.3 Å². The zero-order valence-electron chi connectivity index (χ0n) is 10.4. The summed E-state index contributed by atoms with van der Waals surface area (Å²) in [5.74, 6) is -1.70. The molecule has 1 aromatic heterocycles. The van der Waals surface area contributed by atoms with Gasteiger partial charge in [0.25, 0.3) is 0 Å². The van der Waals surface area contributed by atoms with Crippen LogP contribution in [-0.2, 0) is 6.54 Å². The van der Waals surface area contributed by atoms with E-state index in [1.54, 1.807) is 12.1 Å². The first-order valence-corrected chi connectivity index (χ1v) is 6.49. The van der Waals surface area contributed by atoms with Crippen molar-refractivity contribution in [3.05, 3.63) is 52.3 Å². The predicted octanol–water partition coefficient (Wildman–Crippen LogP) is 3.27. The monoisotopic (exact) mass is 360 g/mol. The number of halogens is 4. The molecule has 1 aromatic carbocycles. The van der Waals surface area contributed by atoms with Crippen molar-refractivity contribution in [2.75, 3.05) is 0 Å². The Kier molecular flexibility index (Phi) is 4.26. The Morgan fingerprint density at radius 3 is 2.48 bits per heavy atom. The van der Waals surface area contributed by atoms with Gasteiger partial charge in [-0.2, -0.15) is 18.3 Å². The molecule has 0 N–H and O–H groups in total. The van der Waals surface area contributed by atoms with E-state index in [-0.39, 0.29) is 11.1 Å². The molecule has 0 aliphatic heterocycles. The quantitative estimate of drug-likeness (QED) is 0.621. The maximum Gasteiger partial charge on any atom is 0.408 e. The number of benzene rings is 1. The number of alkyl halides is 3. The zero-order valence-corrected chi connectivity index (χ0v) is 12.0. The highest BCUT2D eigenvalue weighted by molar-refractivity contribution is 9.10. The van der Waals surface area contributed by atoms with Gasteiger partial charge >= 0.3 is 6.18 Å². The fourth-order valence-corrected chi connectivity index (χ4v) is 2.04. The van der Waals surface area contributed by atoms with Gasteiger partial charge in [0.1, 0.15) is 6.54 Å². The number of ketones is 2. The van der Waals surface area contributed by atoms with Crippen molar-refractivity contribution in [3.8, 4) is 0 Å². The summed E-state index contributed by atoms with van der Waals surface area (Å²) in [4.78, 5) is 23.9. The molecule has 1 heterocycles. The second-order valence-electron chi connectivity index (χ2n) is 4.21. The second kappa shape index (κ2) is 5.80. The van der Waals surface area contributed by atoms with Crippen molar-refractivity contribution in [2.24, 2.45) is 0 Å². The highest BCUT2D eigenvalue weighted by Crippen LogP contribution is 2.18. The van der Waals surface area contributed by atoms with E-state index in [1.807, 2.05) is 0 Å². The van der Waals surface area contributed by atoms with E-state index >= 15 is 0 Å².